The molecule has 0 aromatic rings. The Bertz CT molecular complexity index is 969. The van der Waals surface area contributed by atoms with Crippen LogP contribution in [0.5, 0.6) is 0 Å². The van der Waals surface area contributed by atoms with Crippen LogP contribution in [-0.2, 0) is 0 Å². The summed E-state index contributed by atoms with van der Waals surface area (Å²) in [7, 11) is 0. The quantitative estimate of drug-likeness (QED) is 0.289. The Labute approximate surface area is 257 Å². The highest BCUT2D eigenvalue weighted by molar-refractivity contribution is 5.05. The van der Waals surface area contributed by atoms with E-state index in [-0.39, 0.29) is 12.2 Å². The van der Waals surface area contributed by atoms with Crippen LogP contribution in [0.15, 0.2) is 0 Å². The summed E-state index contributed by atoms with van der Waals surface area (Å²) in [6, 6.07) is 0. The van der Waals surface area contributed by atoms with Crippen LogP contribution < -0.4 is 0 Å². The van der Waals surface area contributed by atoms with Gasteiger partial charge in [-0.15, -0.1) is 0 Å². The standard InChI is InChI=1S/C40H62O2/c41-38-19-36(20-38)34-15-32(16-34)30-11-28(12-30)26-7-24(8-26)22-3-21(4-22)23-5-25(6-23)27-9-29(10-27)31-13-33(14-31)35-17-37(18-35)39-1-2-40(39)42/h21-42H,1-20H2. The number of hydrogen-bond donors (Lipinski definition) is 2. The van der Waals surface area contributed by atoms with Crippen molar-refractivity contribution in [2.45, 2.75) is 141 Å². The zero-order valence-corrected chi connectivity index (χ0v) is 26.6. The average molecular weight is 575 g/mol. The van der Waals surface area contributed by atoms with E-state index in [1.54, 1.807) is 77.0 Å². The molecule has 0 radical (unpaired) electrons. The predicted molar refractivity (Wildman–Crippen MR) is 167 cm³/mol. The predicted octanol–water partition coefficient (Wildman–Crippen LogP) is 8.74. The van der Waals surface area contributed by atoms with Crippen molar-refractivity contribution in [3.8, 4) is 0 Å². The largest absolute Gasteiger partial charge is 0.393 e. The van der Waals surface area contributed by atoms with Gasteiger partial charge >= 0.3 is 0 Å². The molecule has 2 unspecified atom stereocenters. The van der Waals surface area contributed by atoms with E-state index < -0.39 is 0 Å². The molecule has 2 nitrogen and oxygen atoms in total. The normalized spacial score (nSPS) is 63.0. The van der Waals surface area contributed by atoms with Crippen molar-refractivity contribution in [2.24, 2.45) is 107 Å². The van der Waals surface area contributed by atoms with Crippen molar-refractivity contribution in [2.75, 3.05) is 0 Å². The first-order valence-corrected chi connectivity index (χ1v) is 19.9. The molecule has 0 saturated heterocycles. The summed E-state index contributed by atoms with van der Waals surface area (Å²) in [6.45, 7) is 0. The van der Waals surface area contributed by atoms with Crippen molar-refractivity contribution < 1.29 is 10.2 Å². The summed E-state index contributed by atoms with van der Waals surface area (Å²) < 4.78 is 0. The number of aliphatic hydroxyl groups is 2. The maximum Gasteiger partial charge on any atom is 0.0571 e. The monoisotopic (exact) mass is 574 g/mol. The van der Waals surface area contributed by atoms with Crippen LogP contribution in [0.1, 0.15) is 128 Å². The lowest BCUT2D eigenvalue weighted by molar-refractivity contribution is -0.0970. The molecule has 10 fully saturated rings. The fourth-order valence-electron chi connectivity index (χ4n) is 13.9. The Morgan fingerprint density at radius 3 is 0.619 bits per heavy atom. The second kappa shape index (κ2) is 10.2. The van der Waals surface area contributed by atoms with Crippen LogP contribution >= 0.6 is 0 Å². The summed E-state index contributed by atoms with van der Waals surface area (Å²) in [5.74, 6) is 19.1. The Morgan fingerprint density at radius 2 is 0.452 bits per heavy atom. The fourth-order valence-corrected chi connectivity index (χ4v) is 13.9. The smallest absolute Gasteiger partial charge is 0.0571 e. The number of rotatable bonds is 9. The Balaban J connectivity index is 0.568. The second-order valence-corrected chi connectivity index (χ2v) is 19.6. The van der Waals surface area contributed by atoms with Crippen molar-refractivity contribution in [3.63, 3.8) is 0 Å². The zero-order valence-electron chi connectivity index (χ0n) is 26.6. The van der Waals surface area contributed by atoms with Crippen LogP contribution in [0.4, 0.5) is 0 Å². The molecule has 0 amide bonds. The first-order valence-electron chi connectivity index (χ1n) is 19.9. The molecule has 0 aliphatic heterocycles. The van der Waals surface area contributed by atoms with Gasteiger partial charge in [-0.05, 0) is 235 Å². The van der Waals surface area contributed by atoms with E-state index >= 15 is 0 Å². The van der Waals surface area contributed by atoms with E-state index in [4.69, 9.17) is 0 Å². The van der Waals surface area contributed by atoms with Gasteiger partial charge in [0, 0.05) is 0 Å². The molecular formula is C40H62O2. The van der Waals surface area contributed by atoms with E-state index in [1.165, 1.54) is 32.1 Å². The molecular weight excluding hydrogens is 512 g/mol. The first kappa shape index (κ1) is 27.1. The van der Waals surface area contributed by atoms with Gasteiger partial charge < -0.3 is 10.2 Å². The van der Waals surface area contributed by atoms with Crippen molar-refractivity contribution in [3.05, 3.63) is 0 Å². The topological polar surface area (TPSA) is 40.5 Å². The second-order valence-electron chi connectivity index (χ2n) is 19.6. The number of aliphatic hydroxyl groups excluding tert-OH is 2. The van der Waals surface area contributed by atoms with Gasteiger partial charge in [-0.2, -0.15) is 0 Å². The molecule has 0 spiro atoms. The van der Waals surface area contributed by atoms with E-state index in [0.717, 1.165) is 120 Å². The molecule has 2 N–H and O–H groups in total. The highest BCUT2D eigenvalue weighted by Gasteiger charge is 2.54. The van der Waals surface area contributed by atoms with E-state index in [0.29, 0.717) is 5.92 Å². The minimum Gasteiger partial charge on any atom is -0.393 e. The minimum absolute atomic E-state index is 0.0517. The molecule has 0 aromatic heterocycles. The Hall–Kier alpha value is -0.0800. The molecule has 0 bridgehead atoms. The van der Waals surface area contributed by atoms with Crippen LogP contribution in [0.3, 0.4) is 0 Å². The molecule has 10 saturated carbocycles. The fraction of sp³-hybridized carbons (Fsp3) is 1.00. The van der Waals surface area contributed by atoms with Gasteiger partial charge in [-0.25, -0.2) is 0 Å². The van der Waals surface area contributed by atoms with Gasteiger partial charge in [0.2, 0.25) is 0 Å². The summed E-state index contributed by atoms with van der Waals surface area (Å²) in [6.07, 6.45) is 30.0. The van der Waals surface area contributed by atoms with Crippen molar-refractivity contribution in [1.29, 1.82) is 0 Å². The maximum absolute atomic E-state index is 9.98. The van der Waals surface area contributed by atoms with Crippen LogP contribution in [0.25, 0.3) is 0 Å². The van der Waals surface area contributed by atoms with Gasteiger partial charge in [0.1, 0.15) is 0 Å². The Kier molecular flexibility index (Phi) is 6.58. The molecule has 2 atom stereocenters. The van der Waals surface area contributed by atoms with Crippen LogP contribution in [0.2, 0.25) is 0 Å². The summed E-state index contributed by atoms with van der Waals surface area (Å²) >= 11 is 0. The summed E-state index contributed by atoms with van der Waals surface area (Å²) in [4.78, 5) is 0. The van der Waals surface area contributed by atoms with E-state index in [9.17, 15) is 10.2 Å². The summed E-state index contributed by atoms with van der Waals surface area (Å²) in [5, 5.41) is 19.6. The molecule has 10 rings (SSSR count). The minimum atomic E-state index is 0.0517. The molecule has 0 heterocycles. The first-order chi connectivity index (χ1) is 20.5. The lowest BCUT2D eigenvalue weighted by Gasteiger charge is -2.59. The van der Waals surface area contributed by atoms with Gasteiger partial charge in [-0.1, -0.05) is 0 Å². The van der Waals surface area contributed by atoms with Gasteiger partial charge in [0.25, 0.3) is 0 Å². The SMILES string of the molecule is OC1CC(C2CC(C3CC(C4CC(C5CC(C6CC(C7CC(C8CC(C9CC(C%10CCC%10O)C9)C8)C7)C6)C5)C4)C3)C2)C1. The van der Waals surface area contributed by atoms with Crippen molar-refractivity contribution in [1.82, 2.24) is 0 Å². The van der Waals surface area contributed by atoms with Crippen molar-refractivity contribution >= 4 is 0 Å². The van der Waals surface area contributed by atoms with Gasteiger partial charge in [0.05, 0.1) is 12.2 Å². The molecule has 10 aliphatic rings. The highest BCUT2D eigenvalue weighted by atomic mass is 16.3. The highest BCUT2D eigenvalue weighted by Crippen LogP contribution is 2.64. The lowest BCUT2D eigenvalue weighted by atomic mass is 9.46. The molecule has 234 valence electrons. The van der Waals surface area contributed by atoms with Gasteiger partial charge in [0.15, 0.2) is 0 Å². The third kappa shape index (κ3) is 4.42. The third-order valence-corrected chi connectivity index (χ3v) is 18.1. The van der Waals surface area contributed by atoms with Crippen LogP contribution in [-0.4, -0.2) is 22.4 Å². The summed E-state index contributed by atoms with van der Waals surface area (Å²) in [5.41, 5.74) is 0. The molecule has 42 heavy (non-hydrogen) atoms. The lowest BCUT2D eigenvalue weighted by Crippen LogP contribution is -2.50. The van der Waals surface area contributed by atoms with E-state index in [2.05, 4.69) is 0 Å². The van der Waals surface area contributed by atoms with Gasteiger partial charge in [-0.3, -0.25) is 0 Å². The van der Waals surface area contributed by atoms with Crippen LogP contribution in [0, 0.1) is 107 Å². The Morgan fingerprint density at radius 1 is 0.238 bits per heavy atom. The molecule has 2 heteroatoms. The third-order valence-electron chi connectivity index (χ3n) is 18.1. The van der Waals surface area contributed by atoms with E-state index in [1.807, 2.05) is 0 Å². The molecule has 0 aromatic carbocycles. The average Bonchev–Trinajstić information content (AvgIpc) is 2.73. The number of hydrogen-bond acceptors (Lipinski definition) is 2. The molecule has 10 aliphatic carbocycles. The zero-order chi connectivity index (χ0) is 27.7. The maximum atomic E-state index is 9.98.